The molecule has 0 fully saturated rings. The van der Waals surface area contributed by atoms with Gasteiger partial charge in [-0.25, -0.2) is 0 Å². The SMILES string of the molecule is CCc1ccc(NC(=O)CCNCCc2ccc(Cl)cc2Cl)cc1. The van der Waals surface area contributed by atoms with Crippen LogP contribution in [-0.2, 0) is 17.6 Å². The van der Waals surface area contributed by atoms with E-state index in [1.807, 2.05) is 36.4 Å². The summed E-state index contributed by atoms with van der Waals surface area (Å²) in [5.41, 5.74) is 3.15. The van der Waals surface area contributed by atoms with Gasteiger partial charge < -0.3 is 10.6 Å². The second-order valence-corrected chi connectivity index (χ2v) is 6.43. The van der Waals surface area contributed by atoms with Crippen LogP contribution in [0.3, 0.4) is 0 Å². The van der Waals surface area contributed by atoms with Crippen molar-refractivity contribution in [3.8, 4) is 0 Å². The molecule has 0 aliphatic rings. The van der Waals surface area contributed by atoms with E-state index >= 15 is 0 Å². The third kappa shape index (κ3) is 6.16. The number of hydrogen-bond donors (Lipinski definition) is 2. The molecule has 0 heterocycles. The smallest absolute Gasteiger partial charge is 0.225 e. The maximum atomic E-state index is 11.9. The van der Waals surface area contributed by atoms with Gasteiger partial charge in [0.1, 0.15) is 0 Å². The van der Waals surface area contributed by atoms with Crippen LogP contribution in [0.1, 0.15) is 24.5 Å². The van der Waals surface area contributed by atoms with Gasteiger partial charge in [-0.1, -0.05) is 48.3 Å². The lowest BCUT2D eigenvalue weighted by atomic mass is 10.1. The molecule has 2 aromatic rings. The molecule has 2 N–H and O–H groups in total. The summed E-state index contributed by atoms with van der Waals surface area (Å²) in [6, 6.07) is 13.4. The first-order chi connectivity index (χ1) is 11.6. The number of carbonyl (C=O) groups is 1. The van der Waals surface area contributed by atoms with Gasteiger partial charge in [-0.15, -0.1) is 0 Å². The van der Waals surface area contributed by atoms with Crippen LogP contribution in [-0.4, -0.2) is 19.0 Å². The van der Waals surface area contributed by atoms with Crippen LogP contribution in [0.4, 0.5) is 5.69 Å². The highest BCUT2D eigenvalue weighted by Gasteiger charge is 2.03. The first kappa shape index (κ1) is 18.8. The Kier molecular flexibility index (Phi) is 7.57. The fourth-order valence-corrected chi connectivity index (χ4v) is 2.82. The fraction of sp³-hybridized carbons (Fsp3) is 0.316. The van der Waals surface area contributed by atoms with E-state index in [-0.39, 0.29) is 5.91 Å². The Bertz CT molecular complexity index is 672. The predicted octanol–water partition coefficient (Wildman–Crippen LogP) is 4.72. The van der Waals surface area contributed by atoms with Crippen molar-refractivity contribution < 1.29 is 4.79 Å². The second-order valence-electron chi connectivity index (χ2n) is 5.58. The molecule has 5 heteroatoms. The Hall–Kier alpha value is -1.55. The molecule has 2 rings (SSSR count). The predicted molar refractivity (Wildman–Crippen MR) is 102 cm³/mol. The number of amides is 1. The lowest BCUT2D eigenvalue weighted by Gasteiger charge is -2.08. The van der Waals surface area contributed by atoms with Crippen LogP contribution in [0.25, 0.3) is 0 Å². The molecule has 1 amide bonds. The van der Waals surface area contributed by atoms with Crippen molar-refractivity contribution >= 4 is 34.8 Å². The number of halogens is 2. The van der Waals surface area contributed by atoms with Gasteiger partial charge in [-0.2, -0.15) is 0 Å². The van der Waals surface area contributed by atoms with E-state index in [4.69, 9.17) is 23.2 Å². The highest BCUT2D eigenvalue weighted by molar-refractivity contribution is 6.35. The Morgan fingerprint density at radius 1 is 1.04 bits per heavy atom. The summed E-state index contributed by atoms with van der Waals surface area (Å²) in [6.07, 6.45) is 2.23. The molecule has 0 spiro atoms. The quantitative estimate of drug-likeness (QED) is 0.665. The lowest BCUT2D eigenvalue weighted by Crippen LogP contribution is -2.23. The Morgan fingerprint density at radius 2 is 1.79 bits per heavy atom. The number of anilines is 1. The molecule has 0 aromatic heterocycles. The third-order valence-corrected chi connectivity index (χ3v) is 4.35. The highest BCUT2D eigenvalue weighted by atomic mass is 35.5. The molecule has 128 valence electrons. The zero-order chi connectivity index (χ0) is 17.4. The van der Waals surface area contributed by atoms with Gasteiger partial charge >= 0.3 is 0 Å². The minimum absolute atomic E-state index is 0.0104. The molecule has 0 saturated heterocycles. The second kappa shape index (κ2) is 9.67. The van der Waals surface area contributed by atoms with Gasteiger partial charge in [0.05, 0.1) is 0 Å². The number of aryl methyl sites for hydroxylation is 1. The van der Waals surface area contributed by atoms with Crippen molar-refractivity contribution in [2.75, 3.05) is 18.4 Å². The average Bonchev–Trinajstić information content (AvgIpc) is 2.57. The zero-order valence-electron chi connectivity index (χ0n) is 13.7. The number of benzene rings is 2. The van der Waals surface area contributed by atoms with Crippen LogP contribution in [0.15, 0.2) is 42.5 Å². The summed E-state index contributed by atoms with van der Waals surface area (Å²) in [7, 11) is 0. The largest absolute Gasteiger partial charge is 0.326 e. The van der Waals surface area contributed by atoms with Gasteiger partial charge in [0, 0.05) is 28.7 Å². The monoisotopic (exact) mass is 364 g/mol. The van der Waals surface area contributed by atoms with E-state index in [0.29, 0.717) is 23.0 Å². The minimum atomic E-state index is 0.0104. The van der Waals surface area contributed by atoms with Crippen molar-refractivity contribution in [1.82, 2.24) is 5.32 Å². The van der Waals surface area contributed by atoms with Gasteiger partial charge in [0.25, 0.3) is 0 Å². The molecule has 2 aromatic carbocycles. The molecule has 0 unspecified atom stereocenters. The molecule has 0 bridgehead atoms. The number of hydrogen-bond acceptors (Lipinski definition) is 2. The van der Waals surface area contributed by atoms with E-state index in [1.165, 1.54) is 5.56 Å². The normalized spacial score (nSPS) is 10.6. The molecular weight excluding hydrogens is 343 g/mol. The summed E-state index contributed by atoms with van der Waals surface area (Å²) in [6.45, 7) is 3.50. The fourth-order valence-electron chi connectivity index (χ4n) is 2.32. The molecule has 3 nitrogen and oxygen atoms in total. The Labute approximate surface area is 153 Å². The Balaban J connectivity index is 1.65. The van der Waals surface area contributed by atoms with Crippen molar-refractivity contribution in [2.24, 2.45) is 0 Å². The molecule has 0 atom stereocenters. The van der Waals surface area contributed by atoms with Crippen LogP contribution in [0.2, 0.25) is 10.0 Å². The number of nitrogens with one attached hydrogen (secondary N) is 2. The van der Waals surface area contributed by atoms with Gasteiger partial charge in [-0.3, -0.25) is 4.79 Å². The van der Waals surface area contributed by atoms with Crippen molar-refractivity contribution in [3.05, 3.63) is 63.6 Å². The van der Waals surface area contributed by atoms with E-state index in [0.717, 1.165) is 30.6 Å². The number of rotatable bonds is 8. The minimum Gasteiger partial charge on any atom is -0.326 e. The van der Waals surface area contributed by atoms with Gasteiger partial charge in [0.2, 0.25) is 5.91 Å². The van der Waals surface area contributed by atoms with Gasteiger partial charge in [-0.05, 0) is 54.8 Å². The van der Waals surface area contributed by atoms with E-state index in [1.54, 1.807) is 6.07 Å². The molecule has 24 heavy (non-hydrogen) atoms. The summed E-state index contributed by atoms with van der Waals surface area (Å²) >= 11 is 12.0. The summed E-state index contributed by atoms with van der Waals surface area (Å²) < 4.78 is 0. The molecule has 0 radical (unpaired) electrons. The van der Waals surface area contributed by atoms with E-state index in [9.17, 15) is 4.79 Å². The van der Waals surface area contributed by atoms with Crippen LogP contribution < -0.4 is 10.6 Å². The molecule has 0 aliphatic carbocycles. The van der Waals surface area contributed by atoms with E-state index < -0.39 is 0 Å². The van der Waals surface area contributed by atoms with Gasteiger partial charge in [0.15, 0.2) is 0 Å². The highest BCUT2D eigenvalue weighted by Crippen LogP contribution is 2.21. The maximum absolute atomic E-state index is 11.9. The van der Waals surface area contributed by atoms with Crippen molar-refractivity contribution in [2.45, 2.75) is 26.2 Å². The number of carbonyl (C=O) groups excluding carboxylic acids is 1. The maximum Gasteiger partial charge on any atom is 0.225 e. The van der Waals surface area contributed by atoms with Crippen LogP contribution in [0, 0.1) is 0 Å². The first-order valence-electron chi connectivity index (χ1n) is 8.12. The lowest BCUT2D eigenvalue weighted by molar-refractivity contribution is -0.116. The summed E-state index contributed by atoms with van der Waals surface area (Å²) in [4.78, 5) is 11.9. The molecule has 0 aliphatic heterocycles. The standard InChI is InChI=1S/C19H22Cl2N2O/c1-2-14-3-7-17(8-4-14)23-19(24)10-12-22-11-9-15-5-6-16(20)13-18(15)21/h3-8,13,22H,2,9-12H2,1H3,(H,23,24). The topological polar surface area (TPSA) is 41.1 Å². The first-order valence-corrected chi connectivity index (χ1v) is 8.87. The average molecular weight is 365 g/mol. The van der Waals surface area contributed by atoms with Crippen LogP contribution >= 0.6 is 23.2 Å². The molecular formula is C19H22Cl2N2O. The third-order valence-electron chi connectivity index (χ3n) is 3.76. The zero-order valence-corrected chi connectivity index (χ0v) is 15.3. The summed E-state index contributed by atoms with van der Waals surface area (Å²) in [5.74, 6) is 0.0104. The van der Waals surface area contributed by atoms with Crippen molar-refractivity contribution in [3.63, 3.8) is 0 Å². The summed E-state index contributed by atoms with van der Waals surface area (Å²) in [5, 5.41) is 7.48. The van der Waals surface area contributed by atoms with E-state index in [2.05, 4.69) is 17.6 Å². The Morgan fingerprint density at radius 3 is 2.46 bits per heavy atom. The van der Waals surface area contributed by atoms with Crippen molar-refractivity contribution in [1.29, 1.82) is 0 Å². The van der Waals surface area contributed by atoms with Crippen LogP contribution in [0.5, 0.6) is 0 Å². The molecule has 0 saturated carbocycles.